The molecule has 2 rings (SSSR count). The summed E-state index contributed by atoms with van der Waals surface area (Å²) >= 11 is 1.53. The van der Waals surface area contributed by atoms with Crippen molar-refractivity contribution in [1.82, 2.24) is 0 Å². The minimum atomic E-state index is -4.30. The lowest BCUT2D eigenvalue weighted by Crippen LogP contribution is -2.04. The third-order valence-electron chi connectivity index (χ3n) is 3.19. The van der Waals surface area contributed by atoms with E-state index < -0.39 is 11.7 Å². The highest BCUT2D eigenvalue weighted by molar-refractivity contribution is 7.15. The van der Waals surface area contributed by atoms with Gasteiger partial charge in [0.05, 0.1) is 5.56 Å². The molecule has 1 aromatic heterocycles. The molecule has 0 aliphatic carbocycles. The quantitative estimate of drug-likeness (QED) is 0.855. The topological polar surface area (TPSA) is 26.0 Å². The van der Waals surface area contributed by atoms with Gasteiger partial charge < -0.3 is 5.73 Å². The maximum Gasteiger partial charge on any atom is 0.416 e. The number of alkyl halides is 3. The number of nitrogens with two attached hydrogens (primary N) is 1. The number of halogens is 3. The highest BCUT2D eigenvalue weighted by atomic mass is 32.1. The zero-order valence-electron chi connectivity index (χ0n) is 11.1. The van der Waals surface area contributed by atoms with E-state index in [0.29, 0.717) is 18.0 Å². The third kappa shape index (κ3) is 3.41. The Morgan fingerprint density at radius 3 is 2.60 bits per heavy atom. The average molecular weight is 299 g/mol. The van der Waals surface area contributed by atoms with Gasteiger partial charge in [-0.2, -0.15) is 13.2 Å². The summed E-state index contributed by atoms with van der Waals surface area (Å²) in [6.45, 7) is 2.69. The van der Waals surface area contributed by atoms with Crippen molar-refractivity contribution in [1.29, 1.82) is 0 Å². The minimum absolute atomic E-state index is 0.338. The number of hydrogen-bond acceptors (Lipinski definition) is 2. The van der Waals surface area contributed by atoms with Crippen molar-refractivity contribution in [3.05, 3.63) is 46.8 Å². The van der Waals surface area contributed by atoms with Crippen LogP contribution in [0.15, 0.2) is 36.4 Å². The van der Waals surface area contributed by atoms with Crippen molar-refractivity contribution in [2.45, 2.75) is 25.4 Å². The molecular formula is C15H16F3NS. The first-order chi connectivity index (χ1) is 9.41. The second kappa shape index (κ2) is 5.97. The highest BCUT2D eigenvalue weighted by Gasteiger charge is 2.30. The number of benzene rings is 1. The van der Waals surface area contributed by atoms with Crippen molar-refractivity contribution in [3.8, 4) is 10.4 Å². The molecule has 1 unspecified atom stereocenters. The Kier molecular flexibility index (Phi) is 4.50. The van der Waals surface area contributed by atoms with Crippen LogP contribution in [0.4, 0.5) is 13.2 Å². The van der Waals surface area contributed by atoms with Crippen molar-refractivity contribution >= 4 is 11.3 Å². The zero-order valence-corrected chi connectivity index (χ0v) is 11.9. The minimum Gasteiger partial charge on any atom is -0.330 e. The normalized spacial score (nSPS) is 13.4. The van der Waals surface area contributed by atoms with E-state index in [-0.39, 0.29) is 0 Å². The standard InChI is InChI=1S/C15H16F3NS/c1-10(7-8-19)13-5-6-14(20-13)11-3-2-4-12(9-11)15(16,17)18/h2-6,9-10H,7-8,19H2,1H3. The summed E-state index contributed by atoms with van der Waals surface area (Å²) < 4.78 is 38.1. The fourth-order valence-corrected chi connectivity index (χ4v) is 3.10. The van der Waals surface area contributed by atoms with Gasteiger partial charge in [-0.15, -0.1) is 11.3 Å². The monoisotopic (exact) mass is 299 g/mol. The second-order valence-corrected chi connectivity index (χ2v) is 5.87. The van der Waals surface area contributed by atoms with Gasteiger partial charge in [-0.05, 0) is 48.7 Å². The van der Waals surface area contributed by atoms with Crippen molar-refractivity contribution in [2.75, 3.05) is 6.54 Å². The lowest BCUT2D eigenvalue weighted by Gasteiger charge is -2.08. The molecule has 20 heavy (non-hydrogen) atoms. The van der Waals surface area contributed by atoms with Gasteiger partial charge in [-0.1, -0.05) is 19.1 Å². The molecule has 0 radical (unpaired) electrons. The smallest absolute Gasteiger partial charge is 0.330 e. The Labute approximate surface area is 120 Å². The summed E-state index contributed by atoms with van der Waals surface area (Å²) in [5, 5.41) is 0. The predicted molar refractivity (Wildman–Crippen MR) is 76.8 cm³/mol. The van der Waals surface area contributed by atoms with Crippen LogP contribution in [0.25, 0.3) is 10.4 Å². The van der Waals surface area contributed by atoms with Crippen LogP contribution in [0.3, 0.4) is 0 Å². The largest absolute Gasteiger partial charge is 0.416 e. The van der Waals surface area contributed by atoms with E-state index in [1.165, 1.54) is 23.5 Å². The van der Waals surface area contributed by atoms with Crippen LogP contribution in [-0.2, 0) is 6.18 Å². The molecule has 0 fully saturated rings. The van der Waals surface area contributed by atoms with E-state index in [1.807, 2.05) is 12.1 Å². The summed E-state index contributed by atoms with van der Waals surface area (Å²) in [5.41, 5.74) is 5.53. The van der Waals surface area contributed by atoms with Crippen LogP contribution in [0, 0.1) is 0 Å². The van der Waals surface area contributed by atoms with Gasteiger partial charge in [0.25, 0.3) is 0 Å². The SMILES string of the molecule is CC(CCN)c1ccc(-c2cccc(C(F)(F)F)c2)s1. The summed E-state index contributed by atoms with van der Waals surface area (Å²) in [6, 6.07) is 9.29. The fraction of sp³-hybridized carbons (Fsp3) is 0.333. The van der Waals surface area contributed by atoms with Crippen LogP contribution in [0.5, 0.6) is 0 Å². The third-order valence-corrected chi connectivity index (χ3v) is 4.55. The van der Waals surface area contributed by atoms with Gasteiger partial charge in [-0.3, -0.25) is 0 Å². The maximum atomic E-state index is 12.7. The van der Waals surface area contributed by atoms with E-state index in [9.17, 15) is 13.2 Å². The summed E-state index contributed by atoms with van der Waals surface area (Å²) in [5.74, 6) is 0.338. The summed E-state index contributed by atoms with van der Waals surface area (Å²) in [4.78, 5) is 2.01. The van der Waals surface area contributed by atoms with Gasteiger partial charge in [0.15, 0.2) is 0 Å². The molecule has 0 amide bonds. The molecule has 1 nitrogen and oxygen atoms in total. The maximum absolute atomic E-state index is 12.7. The first-order valence-electron chi connectivity index (χ1n) is 6.39. The Balaban J connectivity index is 2.28. The number of hydrogen-bond donors (Lipinski definition) is 1. The van der Waals surface area contributed by atoms with E-state index in [4.69, 9.17) is 5.73 Å². The molecule has 108 valence electrons. The van der Waals surface area contributed by atoms with E-state index >= 15 is 0 Å². The lowest BCUT2D eigenvalue weighted by molar-refractivity contribution is -0.137. The van der Waals surface area contributed by atoms with E-state index in [0.717, 1.165) is 22.2 Å². The van der Waals surface area contributed by atoms with E-state index in [1.54, 1.807) is 6.07 Å². The highest BCUT2D eigenvalue weighted by Crippen LogP contribution is 2.36. The van der Waals surface area contributed by atoms with Crippen molar-refractivity contribution < 1.29 is 13.2 Å². The Morgan fingerprint density at radius 2 is 1.95 bits per heavy atom. The molecular weight excluding hydrogens is 283 g/mol. The summed E-state index contributed by atoms with van der Waals surface area (Å²) in [7, 11) is 0. The van der Waals surface area contributed by atoms with Crippen LogP contribution >= 0.6 is 11.3 Å². The number of thiophene rings is 1. The first kappa shape index (κ1) is 15.1. The zero-order chi connectivity index (χ0) is 14.8. The summed E-state index contributed by atoms with van der Waals surface area (Å²) in [6.07, 6.45) is -3.43. The van der Waals surface area contributed by atoms with Crippen LogP contribution in [-0.4, -0.2) is 6.54 Å². The van der Waals surface area contributed by atoms with E-state index in [2.05, 4.69) is 6.92 Å². The molecule has 0 aliphatic heterocycles. The molecule has 2 N–H and O–H groups in total. The molecule has 0 saturated heterocycles. The molecule has 2 aromatic rings. The molecule has 1 heterocycles. The van der Waals surface area contributed by atoms with Crippen LogP contribution < -0.4 is 5.73 Å². The van der Waals surface area contributed by atoms with Crippen LogP contribution in [0.1, 0.15) is 29.7 Å². The van der Waals surface area contributed by atoms with Gasteiger partial charge >= 0.3 is 6.18 Å². The second-order valence-electron chi connectivity index (χ2n) is 4.76. The van der Waals surface area contributed by atoms with Crippen molar-refractivity contribution in [2.24, 2.45) is 5.73 Å². The van der Waals surface area contributed by atoms with Gasteiger partial charge in [-0.25, -0.2) is 0 Å². The van der Waals surface area contributed by atoms with Gasteiger partial charge in [0, 0.05) is 9.75 Å². The van der Waals surface area contributed by atoms with Gasteiger partial charge in [0.1, 0.15) is 0 Å². The molecule has 0 saturated carbocycles. The lowest BCUT2D eigenvalue weighted by atomic mass is 10.1. The average Bonchev–Trinajstić information content (AvgIpc) is 2.88. The predicted octanol–water partition coefficient (Wildman–Crippen LogP) is 4.89. The molecule has 0 spiro atoms. The molecule has 0 aliphatic rings. The molecule has 0 bridgehead atoms. The Morgan fingerprint density at radius 1 is 1.20 bits per heavy atom. The molecule has 5 heteroatoms. The van der Waals surface area contributed by atoms with Crippen LogP contribution in [0.2, 0.25) is 0 Å². The molecule has 1 aromatic carbocycles. The molecule has 1 atom stereocenters. The van der Waals surface area contributed by atoms with Crippen molar-refractivity contribution in [3.63, 3.8) is 0 Å². The fourth-order valence-electron chi connectivity index (χ4n) is 2.01. The first-order valence-corrected chi connectivity index (χ1v) is 7.21. The number of rotatable bonds is 4. The Hall–Kier alpha value is -1.33. The van der Waals surface area contributed by atoms with Gasteiger partial charge in [0.2, 0.25) is 0 Å². The Bertz CT molecular complexity index is 574.